The quantitative estimate of drug-likeness (QED) is 0.491. The Balaban J connectivity index is 1.68. The largest absolute Gasteiger partial charge is 0.416 e. The van der Waals surface area contributed by atoms with Crippen LogP contribution in [-0.2, 0) is 6.18 Å². The average Bonchev–Trinajstić information content (AvgIpc) is 2.68. The summed E-state index contributed by atoms with van der Waals surface area (Å²) in [6.07, 6.45) is -1.27. The number of aromatic nitrogens is 4. The predicted octanol–water partition coefficient (Wildman–Crippen LogP) is 5.50. The van der Waals surface area contributed by atoms with Gasteiger partial charge >= 0.3 is 6.18 Å². The standard InChI is InChI=1S/C19H11ClF3N5/c20-14-2-1-9-24-17(14)15-8-7-13-16(27-15)10-25-28-18(13)26-12-5-3-11(4-6-12)19(21,22)23/h1-10H,(H,26,28). The third kappa shape index (κ3) is 3.59. The lowest BCUT2D eigenvalue weighted by Gasteiger charge is -2.10. The molecule has 4 rings (SSSR count). The van der Waals surface area contributed by atoms with E-state index in [0.29, 0.717) is 38.8 Å². The Hall–Kier alpha value is -3.26. The third-order valence-corrected chi connectivity index (χ3v) is 4.30. The molecule has 0 amide bonds. The highest BCUT2D eigenvalue weighted by Gasteiger charge is 2.29. The lowest BCUT2D eigenvalue weighted by atomic mass is 10.2. The number of pyridine rings is 2. The van der Waals surface area contributed by atoms with Crippen LogP contribution in [0.4, 0.5) is 24.7 Å². The number of rotatable bonds is 3. The number of halogens is 4. The Morgan fingerprint density at radius 1 is 0.964 bits per heavy atom. The van der Waals surface area contributed by atoms with E-state index in [1.807, 2.05) is 0 Å². The summed E-state index contributed by atoms with van der Waals surface area (Å²) < 4.78 is 38.1. The Morgan fingerprint density at radius 2 is 1.75 bits per heavy atom. The zero-order valence-corrected chi connectivity index (χ0v) is 14.8. The molecule has 0 unspecified atom stereocenters. The Bertz CT molecular complexity index is 1150. The van der Waals surface area contributed by atoms with E-state index < -0.39 is 11.7 Å². The van der Waals surface area contributed by atoms with Gasteiger partial charge in [-0.2, -0.15) is 18.3 Å². The zero-order chi connectivity index (χ0) is 19.7. The van der Waals surface area contributed by atoms with Crippen molar-refractivity contribution in [2.24, 2.45) is 0 Å². The maximum Gasteiger partial charge on any atom is 0.416 e. The van der Waals surface area contributed by atoms with E-state index in [-0.39, 0.29) is 0 Å². The molecule has 3 heterocycles. The molecular weight excluding hydrogens is 391 g/mol. The molecule has 0 aliphatic rings. The first-order valence-corrected chi connectivity index (χ1v) is 8.47. The number of nitrogens with one attached hydrogen (secondary N) is 1. The van der Waals surface area contributed by atoms with E-state index in [9.17, 15) is 13.2 Å². The molecule has 0 atom stereocenters. The Kier molecular flexibility index (Phi) is 4.56. The number of benzene rings is 1. The van der Waals surface area contributed by atoms with Crippen LogP contribution in [0.2, 0.25) is 5.02 Å². The van der Waals surface area contributed by atoms with E-state index in [0.717, 1.165) is 12.1 Å². The van der Waals surface area contributed by atoms with Gasteiger partial charge in [0.05, 0.1) is 28.0 Å². The Labute approximate surface area is 162 Å². The fraction of sp³-hybridized carbons (Fsp3) is 0.0526. The summed E-state index contributed by atoms with van der Waals surface area (Å²) in [4.78, 5) is 8.75. The van der Waals surface area contributed by atoms with Crippen molar-refractivity contribution in [3.63, 3.8) is 0 Å². The van der Waals surface area contributed by atoms with Crippen molar-refractivity contribution < 1.29 is 13.2 Å². The highest BCUT2D eigenvalue weighted by atomic mass is 35.5. The van der Waals surface area contributed by atoms with Crippen LogP contribution in [0.1, 0.15) is 5.56 Å². The first kappa shape index (κ1) is 18.1. The second-order valence-corrected chi connectivity index (χ2v) is 6.26. The van der Waals surface area contributed by atoms with Crippen molar-refractivity contribution in [1.82, 2.24) is 20.2 Å². The van der Waals surface area contributed by atoms with Gasteiger partial charge in [0.1, 0.15) is 5.69 Å². The van der Waals surface area contributed by atoms with Crippen LogP contribution in [0.3, 0.4) is 0 Å². The zero-order valence-electron chi connectivity index (χ0n) is 14.1. The van der Waals surface area contributed by atoms with Crippen molar-refractivity contribution >= 4 is 34.0 Å². The fourth-order valence-corrected chi connectivity index (χ4v) is 2.86. The van der Waals surface area contributed by atoms with Crippen LogP contribution >= 0.6 is 11.6 Å². The lowest BCUT2D eigenvalue weighted by molar-refractivity contribution is -0.137. The van der Waals surface area contributed by atoms with Crippen molar-refractivity contribution in [2.75, 3.05) is 5.32 Å². The van der Waals surface area contributed by atoms with Crippen LogP contribution in [-0.4, -0.2) is 20.2 Å². The SMILES string of the molecule is FC(F)(F)c1ccc(Nc2nncc3nc(-c4ncccc4Cl)ccc23)cc1. The smallest absolute Gasteiger partial charge is 0.338 e. The van der Waals surface area contributed by atoms with Gasteiger partial charge in [-0.3, -0.25) is 4.98 Å². The second-order valence-electron chi connectivity index (χ2n) is 5.86. The highest BCUT2D eigenvalue weighted by Crippen LogP contribution is 2.31. The molecule has 5 nitrogen and oxygen atoms in total. The second kappa shape index (κ2) is 7.05. The van der Waals surface area contributed by atoms with Crippen LogP contribution in [0, 0.1) is 0 Å². The van der Waals surface area contributed by atoms with Gasteiger partial charge in [0.2, 0.25) is 0 Å². The monoisotopic (exact) mass is 401 g/mol. The minimum Gasteiger partial charge on any atom is -0.338 e. The summed E-state index contributed by atoms with van der Waals surface area (Å²) in [5.74, 6) is 0.378. The maximum atomic E-state index is 12.7. The number of anilines is 2. The van der Waals surface area contributed by atoms with E-state index in [1.54, 1.807) is 30.5 Å². The molecule has 0 fully saturated rings. The van der Waals surface area contributed by atoms with Gasteiger partial charge in [0.15, 0.2) is 5.82 Å². The number of nitrogens with zero attached hydrogens (tertiary/aromatic N) is 4. The molecule has 3 aromatic heterocycles. The molecule has 140 valence electrons. The molecule has 1 aromatic carbocycles. The van der Waals surface area contributed by atoms with Gasteiger partial charge in [-0.1, -0.05) is 11.6 Å². The first-order chi connectivity index (χ1) is 13.4. The van der Waals surface area contributed by atoms with Gasteiger partial charge < -0.3 is 5.32 Å². The molecule has 28 heavy (non-hydrogen) atoms. The van der Waals surface area contributed by atoms with E-state index in [2.05, 4.69) is 25.5 Å². The molecule has 0 saturated carbocycles. The summed E-state index contributed by atoms with van der Waals surface area (Å²) in [5.41, 5.74) is 1.39. The maximum absolute atomic E-state index is 12.7. The normalized spacial score (nSPS) is 11.6. The van der Waals surface area contributed by atoms with Crippen molar-refractivity contribution in [3.8, 4) is 11.4 Å². The van der Waals surface area contributed by atoms with Crippen LogP contribution < -0.4 is 5.32 Å². The number of hydrogen-bond acceptors (Lipinski definition) is 5. The molecule has 9 heteroatoms. The number of alkyl halides is 3. The summed E-state index contributed by atoms with van der Waals surface area (Å²) >= 11 is 6.17. The number of fused-ring (bicyclic) bond motifs is 1. The molecule has 0 aliphatic carbocycles. The molecule has 0 spiro atoms. The van der Waals surface area contributed by atoms with E-state index in [4.69, 9.17) is 11.6 Å². The molecule has 0 saturated heterocycles. The molecule has 4 aromatic rings. The molecule has 0 aliphatic heterocycles. The van der Waals surface area contributed by atoms with Crippen molar-refractivity contribution in [3.05, 3.63) is 71.5 Å². The first-order valence-electron chi connectivity index (χ1n) is 8.09. The minimum absolute atomic E-state index is 0.378. The summed E-state index contributed by atoms with van der Waals surface area (Å²) in [5, 5.41) is 12.0. The topological polar surface area (TPSA) is 63.6 Å². The Morgan fingerprint density at radius 3 is 2.46 bits per heavy atom. The van der Waals surface area contributed by atoms with E-state index >= 15 is 0 Å². The highest BCUT2D eigenvalue weighted by molar-refractivity contribution is 6.32. The van der Waals surface area contributed by atoms with Crippen LogP contribution in [0.5, 0.6) is 0 Å². The molecular formula is C19H11ClF3N5. The van der Waals surface area contributed by atoms with Gasteiger partial charge in [0.25, 0.3) is 0 Å². The molecule has 1 N–H and O–H groups in total. The van der Waals surface area contributed by atoms with Gasteiger partial charge in [0, 0.05) is 17.3 Å². The van der Waals surface area contributed by atoms with Gasteiger partial charge in [-0.15, -0.1) is 5.10 Å². The van der Waals surface area contributed by atoms with Crippen LogP contribution in [0.25, 0.3) is 22.3 Å². The molecule has 0 bridgehead atoms. The van der Waals surface area contributed by atoms with Crippen molar-refractivity contribution in [1.29, 1.82) is 0 Å². The fourth-order valence-electron chi connectivity index (χ4n) is 2.65. The number of hydrogen-bond donors (Lipinski definition) is 1. The van der Waals surface area contributed by atoms with Gasteiger partial charge in [-0.05, 0) is 48.5 Å². The third-order valence-electron chi connectivity index (χ3n) is 3.99. The average molecular weight is 402 g/mol. The van der Waals surface area contributed by atoms with E-state index in [1.165, 1.54) is 18.3 Å². The molecule has 0 radical (unpaired) electrons. The summed E-state index contributed by atoms with van der Waals surface area (Å²) in [6.45, 7) is 0. The summed E-state index contributed by atoms with van der Waals surface area (Å²) in [7, 11) is 0. The summed E-state index contributed by atoms with van der Waals surface area (Å²) in [6, 6.07) is 11.6. The van der Waals surface area contributed by atoms with Gasteiger partial charge in [-0.25, -0.2) is 4.98 Å². The lowest BCUT2D eigenvalue weighted by Crippen LogP contribution is -2.04. The predicted molar refractivity (Wildman–Crippen MR) is 100 cm³/mol. The van der Waals surface area contributed by atoms with Crippen molar-refractivity contribution in [2.45, 2.75) is 6.18 Å². The minimum atomic E-state index is -4.38. The van der Waals surface area contributed by atoms with Crippen LogP contribution in [0.15, 0.2) is 60.9 Å².